The van der Waals surface area contributed by atoms with Crippen LogP contribution < -0.4 is 10.6 Å². The predicted octanol–water partition coefficient (Wildman–Crippen LogP) is 4.17. The summed E-state index contributed by atoms with van der Waals surface area (Å²) in [5.41, 5.74) is 0.853. The Kier molecular flexibility index (Phi) is 4.32. The van der Waals surface area contributed by atoms with Gasteiger partial charge in [0.25, 0.3) is 11.8 Å². The van der Waals surface area contributed by atoms with Crippen LogP contribution in [-0.2, 0) is 0 Å². The van der Waals surface area contributed by atoms with Crippen molar-refractivity contribution in [1.82, 2.24) is 5.32 Å². The van der Waals surface area contributed by atoms with E-state index in [0.29, 0.717) is 21.2 Å². The van der Waals surface area contributed by atoms with Crippen LogP contribution in [0, 0.1) is 0 Å². The molecule has 2 amide bonds. The van der Waals surface area contributed by atoms with E-state index in [2.05, 4.69) is 10.6 Å². The third-order valence-corrected chi connectivity index (χ3v) is 5.06. The first-order valence-corrected chi connectivity index (χ1v) is 8.10. The van der Waals surface area contributed by atoms with E-state index in [1.165, 1.54) is 11.3 Å². The molecule has 3 rings (SSSR count). The van der Waals surface area contributed by atoms with Crippen LogP contribution in [0.5, 0.6) is 0 Å². The number of hydrogen-bond donors (Lipinski definition) is 2. The van der Waals surface area contributed by atoms with Crippen molar-refractivity contribution in [3.05, 3.63) is 64.0 Å². The molecule has 6 heteroatoms. The molecule has 4 nitrogen and oxygen atoms in total. The number of thiophene rings is 1. The van der Waals surface area contributed by atoms with Crippen LogP contribution in [0.4, 0.5) is 5.69 Å². The van der Waals surface area contributed by atoms with Crippen LogP contribution >= 0.6 is 22.9 Å². The smallest absolute Gasteiger partial charge is 0.267 e. The molecule has 1 heterocycles. The molecule has 0 atom stereocenters. The Hall–Kier alpha value is -2.37. The van der Waals surface area contributed by atoms with E-state index in [1.54, 1.807) is 31.3 Å². The van der Waals surface area contributed by atoms with Crippen molar-refractivity contribution in [2.24, 2.45) is 0 Å². The van der Waals surface area contributed by atoms with Gasteiger partial charge in [-0.25, -0.2) is 0 Å². The molecular weight excluding hydrogens is 332 g/mol. The fraction of sp³-hybridized carbons (Fsp3) is 0.0588. The number of para-hydroxylation sites is 1. The second-order valence-corrected chi connectivity index (χ2v) is 6.25. The molecule has 0 radical (unpaired) electrons. The minimum absolute atomic E-state index is 0.261. The molecule has 116 valence electrons. The highest BCUT2D eigenvalue weighted by atomic mass is 35.5. The Labute approximate surface area is 142 Å². The summed E-state index contributed by atoms with van der Waals surface area (Å²) < 4.78 is 0.947. The molecule has 0 saturated carbocycles. The normalized spacial score (nSPS) is 10.5. The summed E-state index contributed by atoms with van der Waals surface area (Å²) in [4.78, 5) is 24.9. The van der Waals surface area contributed by atoms with Crippen LogP contribution in [0.3, 0.4) is 0 Å². The lowest BCUT2D eigenvalue weighted by atomic mass is 10.1. The van der Waals surface area contributed by atoms with Crippen molar-refractivity contribution in [2.45, 2.75) is 0 Å². The zero-order valence-electron chi connectivity index (χ0n) is 12.2. The van der Waals surface area contributed by atoms with E-state index in [9.17, 15) is 9.59 Å². The number of halogens is 1. The maximum absolute atomic E-state index is 12.6. The zero-order chi connectivity index (χ0) is 16.4. The molecule has 0 aliphatic rings. The lowest BCUT2D eigenvalue weighted by molar-refractivity contribution is 0.0964. The lowest BCUT2D eigenvalue weighted by Gasteiger charge is -2.09. The highest BCUT2D eigenvalue weighted by Crippen LogP contribution is 2.35. The van der Waals surface area contributed by atoms with E-state index < -0.39 is 0 Å². The van der Waals surface area contributed by atoms with Crippen molar-refractivity contribution >= 4 is 50.5 Å². The van der Waals surface area contributed by atoms with Gasteiger partial charge in [0.2, 0.25) is 0 Å². The van der Waals surface area contributed by atoms with Crippen molar-refractivity contribution in [3.8, 4) is 0 Å². The molecular formula is C17H13ClN2O2S. The molecule has 2 aromatic carbocycles. The fourth-order valence-electron chi connectivity index (χ4n) is 2.26. The van der Waals surface area contributed by atoms with Gasteiger partial charge in [-0.05, 0) is 18.2 Å². The third kappa shape index (κ3) is 2.93. The summed E-state index contributed by atoms with van der Waals surface area (Å²) in [5.74, 6) is -0.587. The van der Waals surface area contributed by atoms with Crippen molar-refractivity contribution in [2.75, 3.05) is 12.4 Å². The molecule has 0 aliphatic heterocycles. The first-order valence-electron chi connectivity index (χ1n) is 6.91. The van der Waals surface area contributed by atoms with E-state index in [4.69, 9.17) is 11.6 Å². The summed E-state index contributed by atoms with van der Waals surface area (Å²) in [6.45, 7) is 0. The van der Waals surface area contributed by atoms with Crippen molar-refractivity contribution < 1.29 is 9.59 Å². The first-order chi connectivity index (χ1) is 11.1. The number of carbonyl (C=O) groups is 2. The van der Waals surface area contributed by atoms with Crippen LogP contribution in [0.2, 0.25) is 5.02 Å². The van der Waals surface area contributed by atoms with E-state index in [1.807, 2.05) is 24.3 Å². The quantitative estimate of drug-likeness (QED) is 0.749. The van der Waals surface area contributed by atoms with Gasteiger partial charge in [-0.15, -0.1) is 11.3 Å². The molecule has 2 N–H and O–H groups in total. The van der Waals surface area contributed by atoms with Crippen LogP contribution in [0.1, 0.15) is 20.0 Å². The second-order valence-electron chi connectivity index (χ2n) is 4.82. The van der Waals surface area contributed by atoms with Gasteiger partial charge >= 0.3 is 0 Å². The molecule has 0 fully saturated rings. The molecule has 1 aromatic heterocycles. The standard InChI is InChI=1S/C17H13ClN2O2S/c1-19-16(21)10-6-2-4-8-12(10)20-17(22)15-14(18)11-7-3-5-9-13(11)23-15/h2-9H,1H3,(H,19,21)(H,20,22). The average Bonchev–Trinajstić information content (AvgIpc) is 2.92. The minimum atomic E-state index is -0.326. The maximum atomic E-state index is 12.6. The minimum Gasteiger partial charge on any atom is -0.355 e. The summed E-state index contributed by atoms with van der Waals surface area (Å²) in [6.07, 6.45) is 0. The summed E-state index contributed by atoms with van der Waals surface area (Å²) in [6, 6.07) is 14.4. The monoisotopic (exact) mass is 344 g/mol. The van der Waals surface area contributed by atoms with Gasteiger partial charge in [0, 0.05) is 17.1 Å². The van der Waals surface area contributed by atoms with Crippen LogP contribution in [0.25, 0.3) is 10.1 Å². The molecule has 0 aliphatic carbocycles. The average molecular weight is 345 g/mol. The summed E-state index contributed by atoms with van der Waals surface area (Å²) in [5, 5.41) is 6.61. The predicted molar refractivity (Wildman–Crippen MR) is 94.6 cm³/mol. The Balaban J connectivity index is 1.96. The number of benzene rings is 2. The zero-order valence-corrected chi connectivity index (χ0v) is 13.8. The highest BCUT2D eigenvalue weighted by molar-refractivity contribution is 7.21. The van der Waals surface area contributed by atoms with Gasteiger partial charge in [-0.2, -0.15) is 0 Å². The maximum Gasteiger partial charge on any atom is 0.267 e. The fourth-order valence-corrected chi connectivity index (χ4v) is 3.68. The van der Waals surface area contributed by atoms with Gasteiger partial charge < -0.3 is 10.6 Å². The second kappa shape index (κ2) is 6.40. The van der Waals surface area contributed by atoms with Gasteiger partial charge in [0.15, 0.2) is 0 Å². The Bertz CT molecular complexity index is 904. The Morgan fingerprint density at radius 2 is 1.70 bits per heavy atom. The molecule has 3 aromatic rings. The van der Waals surface area contributed by atoms with Crippen LogP contribution in [0.15, 0.2) is 48.5 Å². The molecule has 0 unspecified atom stereocenters. The van der Waals surface area contributed by atoms with Gasteiger partial charge in [0.05, 0.1) is 16.3 Å². The summed E-state index contributed by atoms with van der Waals surface area (Å²) >= 11 is 7.64. The number of anilines is 1. The van der Waals surface area contributed by atoms with Crippen molar-refractivity contribution in [1.29, 1.82) is 0 Å². The number of fused-ring (bicyclic) bond motifs is 1. The van der Waals surface area contributed by atoms with Crippen LogP contribution in [-0.4, -0.2) is 18.9 Å². The first kappa shape index (κ1) is 15.5. The van der Waals surface area contributed by atoms with E-state index in [-0.39, 0.29) is 11.8 Å². The van der Waals surface area contributed by atoms with Gasteiger partial charge in [-0.3, -0.25) is 9.59 Å². The van der Waals surface area contributed by atoms with Crippen molar-refractivity contribution in [3.63, 3.8) is 0 Å². The Morgan fingerprint density at radius 3 is 2.43 bits per heavy atom. The van der Waals surface area contributed by atoms with E-state index >= 15 is 0 Å². The Morgan fingerprint density at radius 1 is 1.00 bits per heavy atom. The van der Waals surface area contributed by atoms with Gasteiger partial charge in [0.1, 0.15) is 4.88 Å². The molecule has 0 bridgehead atoms. The number of hydrogen-bond acceptors (Lipinski definition) is 3. The highest BCUT2D eigenvalue weighted by Gasteiger charge is 2.19. The molecule has 23 heavy (non-hydrogen) atoms. The third-order valence-electron chi connectivity index (χ3n) is 3.39. The number of amides is 2. The van der Waals surface area contributed by atoms with Gasteiger partial charge in [-0.1, -0.05) is 41.9 Å². The lowest BCUT2D eigenvalue weighted by Crippen LogP contribution is -2.21. The number of rotatable bonds is 3. The largest absolute Gasteiger partial charge is 0.355 e. The molecule has 0 saturated heterocycles. The number of nitrogens with one attached hydrogen (secondary N) is 2. The SMILES string of the molecule is CNC(=O)c1ccccc1NC(=O)c1sc2ccccc2c1Cl. The molecule has 0 spiro atoms. The summed E-state index contributed by atoms with van der Waals surface area (Å²) in [7, 11) is 1.55. The topological polar surface area (TPSA) is 58.2 Å². The number of carbonyl (C=O) groups excluding carboxylic acids is 2. The van der Waals surface area contributed by atoms with E-state index in [0.717, 1.165) is 10.1 Å².